The van der Waals surface area contributed by atoms with E-state index in [1.807, 2.05) is 12.1 Å². The molecule has 132 valence electrons. The minimum absolute atomic E-state index is 0. The molecule has 2 fully saturated rings. The van der Waals surface area contributed by atoms with E-state index < -0.39 is 0 Å². The summed E-state index contributed by atoms with van der Waals surface area (Å²) in [5, 5.41) is 13.9. The lowest BCUT2D eigenvalue weighted by Gasteiger charge is -2.36. The highest BCUT2D eigenvalue weighted by molar-refractivity contribution is 9.10. The van der Waals surface area contributed by atoms with Gasteiger partial charge in [0.2, 0.25) is 0 Å². The van der Waals surface area contributed by atoms with Gasteiger partial charge in [-0.15, -0.1) is 24.8 Å². The van der Waals surface area contributed by atoms with Crippen molar-refractivity contribution >= 4 is 40.7 Å². The maximum atomic E-state index is 10.5. The largest absolute Gasteiger partial charge is 0.506 e. The normalized spacial score (nSPS) is 19.4. The van der Waals surface area contributed by atoms with Crippen LogP contribution in [-0.4, -0.2) is 43.3 Å². The fourth-order valence-corrected chi connectivity index (χ4v) is 3.56. The number of hydrogen-bond donors (Lipinski definition) is 2. The average Bonchev–Trinajstić information content (AvgIpc) is 3.33. The van der Waals surface area contributed by atoms with Gasteiger partial charge in [-0.2, -0.15) is 0 Å². The molecule has 0 unspecified atom stereocenters. The third-order valence-corrected chi connectivity index (χ3v) is 5.11. The zero-order valence-corrected chi connectivity index (χ0v) is 16.5. The smallest absolute Gasteiger partial charge is 0.134 e. The molecule has 23 heavy (non-hydrogen) atoms. The van der Waals surface area contributed by atoms with Crippen molar-refractivity contribution < 1.29 is 9.84 Å². The molecule has 0 aromatic heterocycles. The van der Waals surface area contributed by atoms with Crippen LogP contribution in [0, 0.1) is 5.92 Å². The Kier molecular flexibility index (Phi) is 8.45. The molecule has 3 rings (SSSR count). The molecule has 4 nitrogen and oxygen atoms in total. The van der Waals surface area contributed by atoms with Crippen molar-refractivity contribution in [2.24, 2.45) is 5.92 Å². The van der Waals surface area contributed by atoms with E-state index in [1.54, 1.807) is 7.11 Å². The van der Waals surface area contributed by atoms with Crippen LogP contribution in [0.25, 0.3) is 0 Å². The number of nitrogens with zero attached hydrogens (tertiary/aromatic N) is 1. The highest BCUT2D eigenvalue weighted by Gasteiger charge is 2.32. The Morgan fingerprint density at radius 2 is 1.96 bits per heavy atom. The van der Waals surface area contributed by atoms with Gasteiger partial charge in [0.25, 0.3) is 0 Å². The Morgan fingerprint density at radius 3 is 2.52 bits per heavy atom. The van der Waals surface area contributed by atoms with E-state index in [9.17, 15) is 5.11 Å². The van der Waals surface area contributed by atoms with Gasteiger partial charge in [0.1, 0.15) is 11.5 Å². The molecule has 2 aliphatic rings. The first-order chi connectivity index (χ1) is 10.2. The van der Waals surface area contributed by atoms with E-state index in [0.717, 1.165) is 49.8 Å². The number of benzene rings is 1. The lowest BCUT2D eigenvalue weighted by Crippen LogP contribution is -2.45. The highest BCUT2D eigenvalue weighted by Crippen LogP contribution is 2.45. The van der Waals surface area contributed by atoms with E-state index in [0.29, 0.717) is 10.2 Å². The summed E-state index contributed by atoms with van der Waals surface area (Å²) >= 11 is 3.45. The van der Waals surface area contributed by atoms with Crippen LogP contribution in [0.2, 0.25) is 0 Å². The third kappa shape index (κ3) is 5.13. The molecule has 1 saturated heterocycles. The van der Waals surface area contributed by atoms with E-state index in [1.165, 1.54) is 12.8 Å². The van der Waals surface area contributed by atoms with Crippen LogP contribution >= 0.6 is 40.7 Å². The maximum Gasteiger partial charge on any atom is 0.134 e. The number of ether oxygens (including phenoxy) is 1. The molecule has 1 heterocycles. The van der Waals surface area contributed by atoms with Gasteiger partial charge in [-0.25, -0.2) is 0 Å². The van der Waals surface area contributed by atoms with Crippen molar-refractivity contribution in [1.82, 2.24) is 10.2 Å². The van der Waals surface area contributed by atoms with Crippen molar-refractivity contribution in [2.75, 3.05) is 33.3 Å². The molecule has 0 amide bonds. The fraction of sp³-hybridized carbons (Fsp3) is 0.625. The second-order valence-corrected chi connectivity index (χ2v) is 6.88. The van der Waals surface area contributed by atoms with Gasteiger partial charge < -0.3 is 15.2 Å². The number of phenols is 1. The first kappa shape index (κ1) is 20.8. The summed E-state index contributed by atoms with van der Waals surface area (Å²) in [4.78, 5) is 2.50. The van der Waals surface area contributed by atoms with Crippen LogP contribution < -0.4 is 10.1 Å². The van der Waals surface area contributed by atoms with Crippen molar-refractivity contribution in [3.05, 3.63) is 22.2 Å². The zero-order chi connectivity index (χ0) is 14.8. The number of halogens is 3. The van der Waals surface area contributed by atoms with Gasteiger partial charge in [-0.05, 0) is 40.4 Å². The van der Waals surface area contributed by atoms with Gasteiger partial charge in [0.05, 0.1) is 11.6 Å². The quantitative estimate of drug-likeness (QED) is 0.750. The molecule has 7 heteroatoms. The minimum Gasteiger partial charge on any atom is -0.506 e. The molecule has 1 aliphatic carbocycles. The van der Waals surface area contributed by atoms with Gasteiger partial charge in [0.15, 0.2) is 0 Å². The number of nitrogens with one attached hydrogen (secondary N) is 1. The standard InChI is InChI=1S/C16H23BrN2O2.2ClH/c1-21-12-9-13(16(20)14(17)10-12)15(8-11-2-3-11)19-6-4-18-5-7-19;;/h9-11,15,18,20H,2-8H2,1H3;2*1H/t15-;;/m0../s1. The first-order valence-electron chi connectivity index (χ1n) is 7.70. The maximum absolute atomic E-state index is 10.5. The van der Waals surface area contributed by atoms with Crippen LogP contribution in [0.5, 0.6) is 11.5 Å². The molecule has 2 N–H and O–H groups in total. The summed E-state index contributed by atoms with van der Waals surface area (Å²) in [6.45, 7) is 4.11. The molecular formula is C16H25BrCl2N2O2. The predicted octanol–water partition coefficient (Wildman–Crippen LogP) is 3.75. The van der Waals surface area contributed by atoms with Crippen molar-refractivity contribution in [2.45, 2.75) is 25.3 Å². The van der Waals surface area contributed by atoms with E-state index in [2.05, 4.69) is 26.1 Å². The Labute approximate surface area is 158 Å². The molecule has 0 bridgehead atoms. The Bertz CT molecular complexity index is 509. The van der Waals surface area contributed by atoms with Crippen LogP contribution in [0.15, 0.2) is 16.6 Å². The minimum atomic E-state index is 0. The first-order valence-corrected chi connectivity index (χ1v) is 8.49. The molecular weight excluding hydrogens is 403 g/mol. The van der Waals surface area contributed by atoms with Gasteiger partial charge in [-0.3, -0.25) is 4.90 Å². The number of piperazine rings is 1. The summed E-state index contributed by atoms with van der Waals surface area (Å²) in [5.74, 6) is 1.97. The highest BCUT2D eigenvalue weighted by atomic mass is 79.9. The number of methoxy groups -OCH3 is 1. The van der Waals surface area contributed by atoms with Crippen molar-refractivity contribution in [1.29, 1.82) is 0 Å². The van der Waals surface area contributed by atoms with E-state index >= 15 is 0 Å². The van der Waals surface area contributed by atoms with Gasteiger partial charge >= 0.3 is 0 Å². The Balaban J connectivity index is 0.00000132. The van der Waals surface area contributed by atoms with Crippen LogP contribution in [0.4, 0.5) is 0 Å². The number of phenolic OH excluding ortho intramolecular Hbond substituents is 1. The summed E-state index contributed by atoms with van der Waals surface area (Å²) in [6, 6.07) is 4.10. The van der Waals surface area contributed by atoms with Gasteiger partial charge in [-0.1, -0.05) is 12.8 Å². The summed E-state index contributed by atoms with van der Waals surface area (Å²) in [5.41, 5.74) is 0.995. The van der Waals surface area contributed by atoms with Crippen molar-refractivity contribution in [3.63, 3.8) is 0 Å². The summed E-state index contributed by atoms with van der Waals surface area (Å²) < 4.78 is 6.09. The lowest BCUT2D eigenvalue weighted by molar-refractivity contribution is 0.157. The molecule has 0 spiro atoms. The van der Waals surface area contributed by atoms with Gasteiger partial charge in [0, 0.05) is 37.8 Å². The third-order valence-electron chi connectivity index (χ3n) is 4.51. The molecule has 1 atom stereocenters. The summed E-state index contributed by atoms with van der Waals surface area (Å²) in [7, 11) is 1.67. The van der Waals surface area contributed by atoms with E-state index in [-0.39, 0.29) is 30.9 Å². The van der Waals surface area contributed by atoms with Crippen molar-refractivity contribution in [3.8, 4) is 11.5 Å². The SMILES string of the molecule is COc1cc(Br)c(O)c([C@H](CC2CC2)N2CCNCC2)c1.Cl.Cl. The predicted molar refractivity (Wildman–Crippen MR) is 101 cm³/mol. The van der Waals surface area contributed by atoms with Crippen LogP contribution in [-0.2, 0) is 0 Å². The molecule has 1 aromatic rings. The van der Waals surface area contributed by atoms with Crippen LogP contribution in [0.3, 0.4) is 0 Å². The average molecular weight is 428 g/mol. The Hall–Kier alpha value is -0.200. The molecule has 1 aliphatic heterocycles. The Morgan fingerprint density at radius 1 is 1.30 bits per heavy atom. The number of aromatic hydroxyl groups is 1. The van der Waals surface area contributed by atoms with Crippen LogP contribution in [0.1, 0.15) is 30.9 Å². The number of rotatable bonds is 5. The zero-order valence-electron chi connectivity index (χ0n) is 13.3. The number of hydrogen-bond acceptors (Lipinski definition) is 4. The monoisotopic (exact) mass is 426 g/mol. The molecule has 0 radical (unpaired) electrons. The fourth-order valence-electron chi connectivity index (χ4n) is 3.10. The second kappa shape index (κ2) is 9.33. The summed E-state index contributed by atoms with van der Waals surface area (Å²) in [6.07, 6.45) is 3.79. The topological polar surface area (TPSA) is 44.7 Å². The second-order valence-electron chi connectivity index (χ2n) is 6.03. The lowest BCUT2D eigenvalue weighted by atomic mass is 9.97. The molecule has 1 aromatic carbocycles. The van der Waals surface area contributed by atoms with E-state index in [4.69, 9.17) is 4.74 Å². The molecule has 1 saturated carbocycles.